The zero-order valence-electron chi connectivity index (χ0n) is 10.1. The molecule has 1 heterocycles. The third-order valence-corrected chi connectivity index (χ3v) is 3.65. The van der Waals surface area contributed by atoms with Gasteiger partial charge in [-0.05, 0) is 29.6 Å². The van der Waals surface area contributed by atoms with Gasteiger partial charge >= 0.3 is 0 Å². The number of benzene rings is 1. The van der Waals surface area contributed by atoms with Crippen LogP contribution in [0.25, 0.3) is 0 Å². The molecule has 104 valence electrons. The number of thiophene rings is 1. The molecule has 4 nitrogen and oxygen atoms in total. The van der Waals surface area contributed by atoms with Gasteiger partial charge in [-0.15, -0.1) is 11.3 Å². The minimum absolute atomic E-state index is 0.301. The second kappa shape index (κ2) is 6.74. The highest BCUT2D eigenvalue weighted by molar-refractivity contribution is 7.12. The highest BCUT2D eigenvalue weighted by Gasteiger charge is 2.12. The topological polar surface area (TPSA) is 55.4 Å². The highest BCUT2D eigenvalue weighted by atomic mass is 35.5. The molecule has 2 amide bonds. The van der Waals surface area contributed by atoms with Gasteiger partial charge in [-0.1, -0.05) is 29.3 Å². The minimum atomic E-state index is -0.547. The molecule has 7 heteroatoms. The molecule has 0 radical (unpaired) electrons. The van der Waals surface area contributed by atoms with Crippen LogP contribution in [-0.4, -0.2) is 18.4 Å². The van der Waals surface area contributed by atoms with E-state index in [4.69, 9.17) is 27.9 Å². The van der Waals surface area contributed by atoms with Crippen LogP contribution >= 0.6 is 34.5 Å². The first-order chi connectivity index (χ1) is 9.56. The van der Waals surface area contributed by atoms with Crippen LogP contribution in [0.3, 0.4) is 0 Å². The van der Waals surface area contributed by atoms with Crippen LogP contribution in [-0.2, 0) is 4.79 Å². The summed E-state index contributed by atoms with van der Waals surface area (Å²) in [5, 5.41) is 4.75. The van der Waals surface area contributed by atoms with Crippen molar-refractivity contribution < 1.29 is 14.3 Å². The van der Waals surface area contributed by atoms with E-state index in [1.165, 1.54) is 17.4 Å². The van der Waals surface area contributed by atoms with Crippen molar-refractivity contribution in [2.75, 3.05) is 6.61 Å². The van der Waals surface area contributed by atoms with Crippen molar-refractivity contribution in [1.29, 1.82) is 0 Å². The van der Waals surface area contributed by atoms with E-state index in [1.807, 2.05) is 0 Å². The lowest BCUT2D eigenvalue weighted by molar-refractivity contribution is -0.122. The Hall–Kier alpha value is -1.56. The maximum atomic E-state index is 11.6. The standard InChI is InChI=1S/C13H9Cl2NO3S/c14-8-3-4-10(9(15)6-8)19-7-12(17)16-13(18)11-2-1-5-20-11/h1-6H,7H2,(H,16,17,18). The number of hydrogen-bond acceptors (Lipinski definition) is 4. The Morgan fingerprint density at radius 3 is 2.70 bits per heavy atom. The SMILES string of the molecule is O=C(COc1ccc(Cl)cc1Cl)NC(=O)c1cccs1. The van der Waals surface area contributed by atoms with Crippen LogP contribution in [0.5, 0.6) is 5.75 Å². The molecular formula is C13H9Cl2NO3S. The summed E-state index contributed by atoms with van der Waals surface area (Å²) in [5.74, 6) is -0.667. The second-order valence-corrected chi connectivity index (χ2v) is 5.51. The zero-order chi connectivity index (χ0) is 14.5. The van der Waals surface area contributed by atoms with E-state index in [0.717, 1.165) is 0 Å². The van der Waals surface area contributed by atoms with Gasteiger partial charge in [0.05, 0.1) is 9.90 Å². The predicted octanol–water partition coefficient (Wildman–Crippen LogP) is 3.39. The third kappa shape index (κ3) is 3.96. The monoisotopic (exact) mass is 329 g/mol. The number of carbonyl (C=O) groups excluding carboxylic acids is 2. The number of carbonyl (C=O) groups is 2. The van der Waals surface area contributed by atoms with Crippen molar-refractivity contribution >= 4 is 46.4 Å². The predicted molar refractivity (Wildman–Crippen MR) is 78.7 cm³/mol. The molecule has 1 N–H and O–H groups in total. The van der Waals surface area contributed by atoms with E-state index >= 15 is 0 Å². The van der Waals surface area contributed by atoms with Crippen LogP contribution < -0.4 is 10.1 Å². The maximum Gasteiger partial charge on any atom is 0.268 e. The van der Waals surface area contributed by atoms with Crippen LogP contribution in [0, 0.1) is 0 Å². The molecule has 0 atom stereocenters. The Labute approximate surface area is 129 Å². The van der Waals surface area contributed by atoms with E-state index < -0.39 is 11.8 Å². The first-order valence-corrected chi connectivity index (χ1v) is 7.15. The number of rotatable bonds is 4. The van der Waals surface area contributed by atoms with Gasteiger partial charge in [0.2, 0.25) is 0 Å². The fraction of sp³-hybridized carbons (Fsp3) is 0.0769. The largest absolute Gasteiger partial charge is 0.482 e. The summed E-state index contributed by atoms with van der Waals surface area (Å²) in [6.45, 7) is -0.307. The van der Waals surface area contributed by atoms with Crippen molar-refractivity contribution in [1.82, 2.24) is 5.32 Å². The second-order valence-electron chi connectivity index (χ2n) is 3.72. The van der Waals surface area contributed by atoms with Crippen LogP contribution in [0.1, 0.15) is 9.67 Å². The Balaban J connectivity index is 1.88. The van der Waals surface area contributed by atoms with Gasteiger partial charge in [0, 0.05) is 5.02 Å². The quantitative estimate of drug-likeness (QED) is 0.935. The molecule has 0 aliphatic rings. The van der Waals surface area contributed by atoms with E-state index in [9.17, 15) is 9.59 Å². The Bertz CT molecular complexity index is 629. The van der Waals surface area contributed by atoms with E-state index in [-0.39, 0.29) is 6.61 Å². The number of halogens is 2. The number of imide groups is 1. The molecule has 1 aromatic carbocycles. The van der Waals surface area contributed by atoms with Crippen LogP contribution in [0.15, 0.2) is 35.7 Å². The fourth-order valence-corrected chi connectivity index (χ4v) is 2.45. The van der Waals surface area contributed by atoms with Gasteiger partial charge in [-0.2, -0.15) is 0 Å². The van der Waals surface area contributed by atoms with Crippen LogP contribution in [0.2, 0.25) is 10.0 Å². The van der Waals surface area contributed by atoms with Gasteiger partial charge < -0.3 is 4.74 Å². The lowest BCUT2D eigenvalue weighted by atomic mass is 10.3. The Morgan fingerprint density at radius 1 is 1.25 bits per heavy atom. The molecule has 0 saturated carbocycles. The number of hydrogen-bond donors (Lipinski definition) is 1. The smallest absolute Gasteiger partial charge is 0.268 e. The Morgan fingerprint density at radius 2 is 2.05 bits per heavy atom. The molecule has 2 rings (SSSR count). The molecule has 0 spiro atoms. The van der Waals surface area contributed by atoms with Crippen molar-refractivity contribution in [3.63, 3.8) is 0 Å². The average Bonchev–Trinajstić information content (AvgIpc) is 2.91. The van der Waals surface area contributed by atoms with Crippen LogP contribution in [0.4, 0.5) is 0 Å². The minimum Gasteiger partial charge on any atom is -0.482 e. The summed E-state index contributed by atoms with van der Waals surface area (Å²) in [6, 6.07) is 8.02. The molecule has 0 saturated heterocycles. The van der Waals surface area contributed by atoms with Crippen molar-refractivity contribution in [3.8, 4) is 5.75 Å². The molecule has 20 heavy (non-hydrogen) atoms. The van der Waals surface area contributed by atoms with Gasteiger partial charge in [0.1, 0.15) is 5.75 Å². The molecule has 1 aromatic heterocycles. The third-order valence-electron chi connectivity index (χ3n) is 2.25. The van der Waals surface area contributed by atoms with E-state index in [0.29, 0.717) is 20.7 Å². The van der Waals surface area contributed by atoms with Gasteiger partial charge in [0.25, 0.3) is 11.8 Å². The molecule has 0 fully saturated rings. The number of amides is 2. The normalized spacial score (nSPS) is 10.1. The first kappa shape index (κ1) is 14.8. The van der Waals surface area contributed by atoms with E-state index in [1.54, 1.807) is 29.6 Å². The molecule has 2 aromatic rings. The summed E-state index contributed by atoms with van der Waals surface area (Å²) >= 11 is 12.9. The maximum absolute atomic E-state index is 11.6. The lowest BCUT2D eigenvalue weighted by Crippen LogP contribution is -2.33. The molecular weight excluding hydrogens is 321 g/mol. The highest BCUT2D eigenvalue weighted by Crippen LogP contribution is 2.27. The lowest BCUT2D eigenvalue weighted by Gasteiger charge is -2.07. The molecule has 0 aliphatic heterocycles. The first-order valence-electron chi connectivity index (χ1n) is 5.52. The Kier molecular flexibility index (Phi) is 5.00. The molecule has 0 aliphatic carbocycles. The number of ether oxygens (including phenoxy) is 1. The number of nitrogens with one attached hydrogen (secondary N) is 1. The van der Waals surface area contributed by atoms with Crippen molar-refractivity contribution in [3.05, 3.63) is 50.6 Å². The summed E-state index contributed by atoms with van der Waals surface area (Å²) in [7, 11) is 0. The zero-order valence-corrected chi connectivity index (χ0v) is 12.4. The van der Waals surface area contributed by atoms with E-state index in [2.05, 4.69) is 5.32 Å². The van der Waals surface area contributed by atoms with Crippen molar-refractivity contribution in [2.24, 2.45) is 0 Å². The van der Waals surface area contributed by atoms with Gasteiger partial charge in [0.15, 0.2) is 6.61 Å². The van der Waals surface area contributed by atoms with Gasteiger partial charge in [-0.25, -0.2) is 0 Å². The fourth-order valence-electron chi connectivity index (χ4n) is 1.37. The van der Waals surface area contributed by atoms with Gasteiger partial charge in [-0.3, -0.25) is 14.9 Å². The summed E-state index contributed by atoms with van der Waals surface area (Å²) in [5.41, 5.74) is 0. The molecule has 0 unspecified atom stereocenters. The summed E-state index contributed by atoms with van der Waals surface area (Å²) < 4.78 is 5.22. The average molecular weight is 330 g/mol. The summed E-state index contributed by atoms with van der Waals surface area (Å²) in [4.78, 5) is 23.7. The molecule has 0 bridgehead atoms. The van der Waals surface area contributed by atoms with Crippen molar-refractivity contribution in [2.45, 2.75) is 0 Å². The summed E-state index contributed by atoms with van der Waals surface area (Å²) in [6.07, 6.45) is 0.